The summed E-state index contributed by atoms with van der Waals surface area (Å²) in [5.41, 5.74) is 0. The first-order valence-electron chi connectivity index (χ1n) is 4.20. The Bertz CT molecular complexity index is 190. The normalized spacial score (nSPS) is 9.50. The SMILES string of the molecule is BNCCNC(=O)CNC(=O)CON. The van der Waals surface area contributed by atoms with E-state index in [1.165, 1.54) is 0 Å². The molecule has 0 aromatic heterocycles. The van der Waals surface area contributed by atoms with Crippen LogP contribution in [0.4, 0.5) is 0 Å². The fourth-order valence-electron chi connectivity index (χ4n) is 0.695. The number of nitrogens with two attached hydrogens (primary N) is 1. The van der Waals surface area contributed by atoms with Gasteiger partial charge in [-0.3, -0.25) is 14.4 Å². The standard InChI is InChI=1S/C6H15BN4O3/c7-11-2-1-9-5(12)3-10-6(13)4-14-8/h11H,1-4,7-8H2,(H,9,12)(H,10,13). The summed E-state index contributed by atoms with van der Waals surface area (Å²) < 4.78 is 0. The molecule has 0 aromatic carbocycles. The predicted octanol–water partition coefficient (Wildman–Crippen LogP) is -3.75. The van der Waals surface area contributed by atoms with E-state index in [1.54, 1.807) is 7.98 Å². The summed E-state index contributed by atoms with van der Waals surface area (Å²) in [6, 6.07) is 0. The molecule has 0 fully saturated rings. The molecule has 0 heterocycles. The van der Waals surface area contributed by atoms with Crippen LogP contribution in [0.3, 0.4) is 0 Å². The van der Waals surface area contributed by atoms with E-state index in [9.17, 15) is 9.59 Å². The van der Waals surface area contributed by atoms with E-state index in [-0.39, 0.29) is 19.1 Å². The van der Waals surface area contributed by atoms with E-state index in [0.29, 0.717) is 13.1 Å². The summed E-state index contributed by atoms with van der Waals surface area (Å²) in [7, 11) is 1.78. The molecule has 0 aromatic rings. The molecule has 80 valence electrons. The van der Waals surface area contributed by atoms with Gasteiger partial charge in [0.15, 0.2) is 7.98 Å². The van der Waals surface area contributed by atoms with Crippen molar-refractivity contribution >= 4 is 19.8 Å². The molecule has 0 aliphatic heterocycles. The summed E-state index contributed by atoms with van der Waals surface area (Å²) in [5.74, 6) is 4.00. The molecule has 14 heavy (non-hydrogen) atoms. The number of hydrogen-bond donors (Lipinski definition) is 4. The van der Waals surface area contributed by atoms with Crippen molar-refractivity contribution in [1.29, 1.82) is 0 Å². The maximum atomic E-state index is 11.0. The van der Waals surface area contributed by atoms with Crippen molar-refractivity contribution in [3.05, 3.63) is 0 Å². The Hall–Kier alpha value is -1.12. The minimum atomic E-state index is -0.420. The number of carbonyl (C=O) groups is 2. The van der Waals surface area contributed by atoms with Crippen molar-refractivity contribution < 1.29 is 14.4 Å². The van der Waals surface area contributed by atoms with Gasteiger partial charge in [-0.2, -0.15) is 0 Å². The minimum Gasteiger partial charge on any atom is -0.360 e. The Morgan fingerprint density at radius 3 is 2.50 bits per heavy atom. The summed E-state index contributed by atoms with van der Waals surface area (Å²) in [6.07, 6.45) is 0. The van der Waals surface area contributed by atoms with E-state index in [1.807, 2.05) is 0 Å². The van der Waals surface area contributed by atoms with Gasteiger partial charge in [0, 0.05) is 13.1 Å². The zero-order valence-electron chi connectivity index (χ0n) is 8.13. The lowest BCUT2D eigenvalue weighted by atomic mass is 10.4. The summed E-state index contributed by atoms with van der Waals surface area (Å²) >= 11 is 0. The molecule has 7 nitrogen and oxygen atoms in total. The van der Waals surface area contributed by atoms with Crippen molar-refractivity contribution in [3.63, 3.8) is 0 Å². The topological polar surface area (TPSA) is 105 Å². The van der Waals surface area contributed by atoms with E-state index < -0.39 is 5.91 Å². The van der Waals surface area contributed by atoms with E-state index in [4.69, 9.17) is 0 Å². The van der Waals surface area contributed by atoms with E-state index in [2.05, 4.69) is 26.6 Å². The lowest BCUT2D eigenvalue weighted by molar-refractivity contribution is -0.129. The third-order valence-electron chi connectivity index (χ3n) is 1.36. The van der Waals surface area contributed by atoms with Gasteiger partial charge in [0.1, 0.15) is 6.61 Å². The maximum absolute atomic E-state index is 11.0. The van der Waals surface area contributed by atoms with Crippen LogP contribution in [0.25, 0.3) is 0 Å². The van der Waals surface area contributed by atoms with Gasteiger partial charge >= 0.3 is 0 Å². The average molecular weight is 202 g/mol. The smallest absolute Gasteiger partial charge is 0.248 e. The third-order valence-corrected chi connectivity index (χ3v) is 1.36. The van der Waals surface area contributed by atoms with Crippen molar-refractivity contribution in [2.75, 3.05) is 26.2 Å². The van der Waals surface area contributed by atoms with Gasteiger partial charge in [-0.25, -0.2) is 5.90 Å². The van der Waals surface area contributed by atoms with E-state index >= 15 is 0 Å². The fraction of sp³-hybridized carbons (Fsp3) is 0.667. The summed E-state index contributed by atoms with van der Waals surface area (Å²) in [4.78, 5) is 25.9. The van der Waals surface area contributed by atoms with Gasteiger partial charge in [-0.1, -0.05) is 0 Å². The first kappa shape index (κ1) is 12.9. The number of carbonyl (C=O) groups excluding carboxylic acids is 2. The van der Waals surface area contributed by atoms with Crippen molar-refractivity contribution in [2.45, 2.75) is 0 Å². The highest BCUT2D eigenvalue weighted by Gasteiger charge is 2.03. The lowest BCUT2D eigenvalue weighted by Gasteiger charge is -2.05. The highest BCUT2D eigenvalue weighted by atomic mass is 16.6. The Morgan fingerprint density at radius 1 is 1.21 bits per heavy atom. The quantitative estimate of drug-likeness (QED) is 0.193. The monoisotopic (exact) mass is 202 g/mol. The van der Waals surface area contributed by atoms with E-state index in [0.717, 1.165) is 0 Å². The Balaban J connectivity index is 3.39. The zero-order chi connectivity index (χ0) is 10.8. The van der Waals surface area contributed by atoms with Crippen LogP contribution >= 0.6 is 0 Å². The number of nitrogens with one attached hydrogen (secondary N) is 3. The second kappa shape index (κ2) is 8.48. The Kier molecular flexibility index (Phi) is 7.81. The zero-order valence-corrected chi connectivity index (χ0v) is 8.13. The van der Waals surface area contributed by atoms with Crippen LogP contribution in [-0.4, -0.2) is 46.0 Å². The average Bonchev–Trinajstić information content (AvgIpc) is 2.16. The molecular formula is C6H15BN4O3. The number of rotatable bonds is 7. The molecule has 2 amide bonds. The second-order valence-corrected chi connectivity index (χ2v) is 2.54. The first-order valence-corrected chi connectivity index (χ1v) is 4.20. The molecule has 0 aliphatic carbocycles. The third kappa shape index (κ3) is 7.53. The predicted molar refractivity (Wildman–Crippen MR) is 52.7 cm³/mol. The van der Waals surface area contributed by atoms with Gasteiger partial charge in [0.05, 0.1) is 6.54 Å². The first-order chi connectivity index (χ1) is 6.70. The Labute approximate surface area is 83.1 Å². The maximum Gasteiger partial charge on any atom is 0.248 e. The van der Waals surface area contributed by atoms with Crippen LogP contribution < -0.4 is 21.8 Å². The molecule has 0 rings (SSSR count). The van der Waals surface area contributed by atoms with Crippen LogP contribution in [0.5, 0.6) is 0 Å². The van der Waals surface area contributed by atoms with Crippen LogP contribution in [0.2, 0.25) is 0 Å². The van der Waals surface area contributed by atoms with Gasteiger partial charge in [0.25, 0.3) is 0 Å². The molecule has 0 saturated heterocycles. The molecule has 0 saturated carbocycles. The number of amides is 2. The molecule has 0 bridgehead atoms. The molecule has 8 heteroatoms. The molecule has 0 atom stereocenters. The van der Waals surface area contributed by atoms with Gasteiger partial charge in [-0.05, 0) is 0 Å². The summed E-state index contributed by atoms with van der Waals surface area (Å²) in [5, 5.41) is 7.80. The summed E-state index contributed by atoms with van der Waals surface area (Å²) in [6.45, 7) is 0.903. The minimum absolute atomic E-state index is 0.0636. The fourth-order valence-corrected chi connectivity index (χ4v) is 0.695. The highest BCUT2D eigenvalue weighted by molar-refractivity contribution is 6.04. The van der Waals surface area contributed by atoms with Crippen LogP contribution in [0.1, 0.15) is 0 Å². The van der Waals surface area contributed by atoms with Crippen LogP contribution in [-0.2, 0) is 14.4 Å². The molecular weight excluding hydrogens is 187 g/mol. The van der Waals surface area contributed by atoms with Crippen LogP contribution in [0.15, 0.2) is 0 Å². The Morgan fingerprint density at radius 2 is 1.93 bits per heavy atom. The van der Waals surface area contributed by atoms with Crippen molar-refractivity contribution in [3.8, 4) is 0 Å². The highest BCUT2D eigenvalue weighted by Crippen LogP contribution is 1.68. The largest absolute Gasteiger partial charge is 0.360 e. The molecule has 0 spiro atoms. The number of hydrogen-bond acceptors (Lipinski definition) is 5. The van der Waals surface area contributed by atoms with Gasteiger partial charge < -0.3 is 15.9 Å². The van der Waals surface area contributed by atoms with Crippen molar-refractivity contribution in [1.82, 2.24) is 15.9 Å². The van der Waals surface area contributed by atoms with Crippen molar-refractivity contribution in [2.24, 2.45) is 5.90 Å². The molecule has 0 aliphatic rings. The molecule has 5 N–H and O–H groups in total. The lowest BCUT2D eigenvalue weighted by Crippen LogP contribution is -2.40. The van der Waals surface area contributed by atoms with Gasteiger partial charge in [0.2, 0.25) is 11.8 Å². The molecule has 0 radical (unpaired) electrons. The molecule has 0 unspecified atom stereocenters. The van der Waals surface area contributed by atoms with Crippen LogP contribution in [0, 0.1) is 0 Å². The second-order valence-electron chi connectivity index (χ2n) is 2.54. The van der Waals surface area contributed by atoms with Gasteiger partial charge in [-0.15, -0.1) is 0 Å².